The Bertz CT molecular complexity index is 910. The largest absolute Gasteiger partial charge is 0.467 e. The van der Waals surface area contributed by atoms with E-state index in [2.05, 4.69) is 11.4 Å². The third-order valence-electron chi connectivity index (χ3n) is 4.95. The van der Waals surface area contributed by atoms with Crippen LogP contribution in [-0.2, 0) is 9.53 Å². The Labute approximate surface area is 153 Å². The van der Waals surface area contributed by atoms with Gasteiger partial charge in [-0.25, -0.2) is 4.79 Å². The predicted molar refractivity (Wildman–Crippen MR) is 104 cm³/mol. The minimum Gasteiger partial charge on any atom is -0.467 e. The zero-order valence-electron chi connectivity index (χ0n) is 15.3. The van der Waals surface area contributed by atoms with Crippen LogP contribution in [0.5, 0.6) is 0 Å². The normalized spacial score (nSPS) is 13.3. The average Bonchev–Trinajstić information content (AvgIpc) is 2.68. The number of amides is 1. The van der Waals surface area contributed by atoms with Gasteiger partial charge in [0.05, 0.1) is 12.7 Å². The summed E-state index contributed by atoms with van der Waals surface area (Å²) in [6.07, 6.45) is 0.760. The van der Waals surface area contributed by atoms with E-state index in [0.717, 1.165) is 28.0 Å². The molecule has 134 valence electrons. The van der Waals surface area contributed by atoms with E-state index in [-0.39, 0.29) is 11.8 Å². The zero-order chi connectivity index (χ0) is 18.7. The number of esters is 1. The summed E-state index contributed by atoms with van der Waals surface area (Å²) in [6, 6.07) is 17.0. The number of carbonyl (C=O) groups is 2. The van der Waals surface area contributed by atoms with Gasteiger partial charge in [0.2, 0.25) is 0 Å². The van der Waals surface area contributed by atoms with Gasteiger partial charge in [0.25, 0.3) is 5.91 Å². The van der Waals surface area contributed by atoms with E-state index in [0.29, 0.717) is 5.56 Å². The highest BCUT2D eigenvalue weighted by atomic mass is 16.5. The van der Waals surface area contributed by atoms with Crippen molar-refractivity contribution < 1.29 is 14.3 Å². The van der Waals surface area contributed by atoms with Gasteiger partial charge >= 0.3 is 5.97 Å². The number of methoxy groups -OCH3 is 1. The maximum absolute atomic E-state index is 13.2. The molecule has 0 heterocycles. The molecule has 0 aliphatic carbocycles. The third kappa shape index (κ3) is 3.27. The topological polar surface area (TPSA) is 55.4 Å². The summed E-state index contributed by atoms with van der Waals surface area (Å²) < 4.78 is 4.89. The van der Waals surface area contributed by atoms with Crippen molar-refractivity contribution in [3.05, 3.63) is 60.2 Å². The number of benzene rings is 3. The molecule has 26 heavy (non-hydrogen) atoms. The van der Waals surface area contributed by atoms with Crippen LogP contribution in [0.3, 0.4) is 0 Å². The van der Waals surface area contributed by atoms with Crippen molar-refractivity contribution in [2.45, 2.75) is 26.3 Å². The molecule has 1 amide bonds. The second-order valence-electron chi connectivity index (χ2n) is 6.55. The summed E-state index contributed by atoms with van der Waals surface area (Å²) in [5, 5.41) is 6.64. The Balaban J connectivity index is 2.13. The number of hydrogen-bond donors (Lipinski definition) is 1. The molecule has 0 bridgehead atoms. The summed E-state index contributed by atoms with van der Waals surface area (Å²) in [7, 11) is 1.34. The van der Waals surface area contributed by atoms with Crippen LogP contribution in [0.25, 0.3) is 21.5 Å². The summed E-state index contributed by atoms with van der Waals surface area (Å²) >= 11 is 0. The van der Waals surface area contributed by atoms with Crippen LogP contribution >= 0.6 is 0 Å². The molecular formula is C22H23NO3. The highest BCUT2D eigenvalue weighted by Gasteiger charge is 2.28. The van der Waals surface area contributed by atoms with Crippen LogP contribution in [-0.4, -0.2) is 25.0 Å². The van der Waals surface area contributed by atoms with Crippen molar-refractivity contribution in [3.63, 3.8) is 0 Å². The van der Waals surface area contributed by atoms with Crippen molar-refractivity contribution >= 4 is 33.4 Å². The van der Waals surface area contributed by atoms with Gasteiger partial charge in [-0.15, -0.1) is 0 Å². The van der Waals surface area contributed by atoms with Gasteiger partial charge in [-0.3, -0.25) is 4.79 Å². The highest BCUT2D eigenvalue weighted by molar-refractivity contribution is 6.18. The van der Waals surface area contributed by atoms with E-state index in [1.165, 1.54) is 7.11 Å². The first-order valence-corrected chi connectivity index (χ1v) is 8.86. The minimum atomic E-state index is -0.671. The minimum absolute atomic E-state index is 0.0207. The van der Waals surface area contributed by atoms with Gasteiger partial charge in [0.15, 0.2) is 0 Å². The molecule has 2 atom stereocenters. The second-order valence-corrected chi connectivity index (χ2v) is 6.55. The number of ether oxygens (including phenoxy) is 1. The molecule has 1 N–H and O–H groups in total. The lowest BCUT2D eigenvalue weighted by Crippen LogP contribution is -2.45. The van der Waals surface area contributed by atoms with Crippen LogP contribution in [0.15, 0.2) is 54.6 Å². The van der Waals surface area contributed by atoms with Crippen molar-refractivity contribution in [3.8, 4) is 0 Å². The van der Waals surface area contributed by atoms with Gasteiger partial charge in [0.1, 0.15) is 6.04 Å². The Morgan fingerprint density at radius 3 is 2.04 bits per heavy atom. The zero-order valence-corrected chi connectivity index (χ0v) is 15.3. The monoisotopic (exact) mass is 349 g/mol. The van der Waals surface area contributed by atoms with Crippen LogP contribution < -0.4 is 5.32 Å². The van der Waals surface area contributed by atoms with Crippen LogP contribution in [0, 0.1) is 5.92 Å². The lowest BCUT2D eigenvalue weighted by atomic mass is 9.94. The molecule has 0 aliphatic rings. The standard InChI is InChI=1S/C22H23NO3/c1-4-14(2)20(22(25)26-3)23-21(24)19-17-11-7-5-9-15(17)13-16-10-6-8-12-18(16)19/h5-14,20H,4H2,1-3H3,(H,23,24)/t14-,20+/m1/s1. The number of fused-ring (bicyclic) bond motifs is 2. The molecule has 4 heteroatoms. The number of nitrogens with one attached hydrogen (secondary N) is 1. The molecule has 4 nitrogen and oxygen atoms in total. The summed E-state index contributed by atoms with van der Waals surface area (Å²) in [5.74, 6) is -0.696. The smallest absolute Gasteiger partial charge is 0.328 e. The fourth-order valence-corrected chi connectivity index (χ4v) is 3.27. The summed E-state index contributed by atoms with van der Waals surface area (Å²) in [4.78, 5) is 25.4. The Kier molecular flexibility index (Phi) is 5.21. The third-order valence-corrected chi connectivity index (χ3v) is 4.95. The Morgan fingerprint density at radius 1 is 1.00 bits per heavy atom. The summed E-state index contributed by atoms with van der Waals surface area (Å²) in [6.45, 7) is 3.92. The average molecular weight is 349 g/mol. The van der Waals surface area contributed by atoms with E-state index in [4.69, 9.17) is 4.74 Å². The van der Waals surface area contributed by atoms with Gasteiger partial charge in [-0.05, 0) is 33.5 Å². The van der Waals surface area contributed by atoms with E-state index in [1.807, 2.05) is 62.4 Å². The highest BCUT2D eigenvalue weighted by Crippen LogP contribution is 2.28. The molecule has 3 aromatic rings. The molecule has 0 saturated heterocycles. The SMILES string of the molecule is CC[C@@H](C)[C@H](NC(=O)c1c2ccccc2cc2ccccc12)C(=O)OC. The van der Waals surface area contributed by atoms with Gasteiger partial charge in [0, 0.05) is 0 Å². The van der Waals surface area contributed by atoms with Gasteiger partial charge in [-0.2, -0.15) is 0 Å². The van der Waals surface area contributed by atoms with Crippen LogP contribution in [0.2, 0.25) is 0 Å². The lowest BCUT2D eigenvalue weighted by Gasteiger charge is -2.22. The molecule has 0 saturated carbocycles. The van der Waals surface area contributed by atoms with Crippen molar-refractivity contribution in [1.29, 1.82) is 0 Å². The van der Waals surface area contributed by atoms with Crippen molar-refractivity contribution in [2.75, 3.05) is 7.11 Å². The fourth-order valence-electron chi connectivity index (χ4n) is 3.27. The molecule has 0 aliphatic heterocycles. The molecule has 3 rings (SSSR count). The molecule has 0 fully saturated rings. The molecule has 0 radical (unpaired) electrons. The summed E-state index contributed by atoms with van der Waals surface area (Å²) in [5.41, 5.74) is 0.593. The maximum atomic E-state index is 13.2. The number of rotatable bonds is 5. The maximum Gasteiger partial charge on any atom is 0.328 e. The first-order chi connectivity index (χ1) is 12.6. The van der Waals surface area contributed by atoms with E-state index in [9.17, 15) is 9.59 Å². The van der Waals surface area contributed by atoms with Gasteiger partial charge < -0.3 is 10.1 Å². The van der Waals surface area contributed by atoms with E-state index in [1.54, 1.807) is 0 Å². The van der Waals surface area contributed by atoms with Crippen LogP contribution in [0.1, 0.15) is 30.6 Å². The molecule has 0 aromatic heterocycles. The Hall–Kier alpha value is -2.88. The molecule has 0 unspecified atom stereocenters. The van der Waals surface area contributed by atoms with Crippen LogP contribution in [0.4, 0.5) is 0 Å². The fraction of sp³-hybridized carbons (Fsp3) is 0.273. The quantitative estimate of drug-likeness (QED) is 0.551. The van der Waals surface area contributed by atoms with Crippen molar-refractivity contribution in [1.82, 2.24) is 5.32 Å². The number of hydrogen-bond acceptors (Lipinski definition) is 3. The van der Waals surface area contributed by atoms with Gasteiger partial charge in [-0.1, -0.05) is 68.8 Å². The first-order valence-electron chi connectivity index (χ1n) is 8.86. The first kappa shape index (κ1) is 17.9. The number of carbonyl (C=O) groups excluding carboxylic acids is 2. The molecule has 0 spiro atoms. The van der Waals surface area contributed by atoms with Crippen molar-refractivity contribution in [2.24, 2.45) is 5.92 Å². The predicted octanol–water partition coefficient (Wildman–Crippen LogP) is 4.31. The Morgan fingerprint density at radius 2 is 1.54 bits per heavy atom. The molecular weight excluding hydrogens is 326 g/mol. The molecule has 3 aromatic carbocycles. The van der Waals surface area contributed by atoms with E-state index < -0.39 is 12.0 Å². The van der Waals surface area contributed by atoms with E-state index >= 15 is 0 Å². The lowest BCUT2D eigenvalue weighted by molar-refractivity contribution is -0.144. The second kappa shape index (κ2) is 7.56.